The number of alkyl halides is 1. The van der Waals surface area contributed by atoms with E-state index in [-0.39, 0.29) is 5.78 Å². The third-order valence-corrected chi connectivity index (χ3v) is 2.45. The molecular weight excluding hydrogens is 220 g/mol. The van der Waals surface area contributed by atoms with Gasteiger partial charge >= 0.3 is 0 Å². The predicted octanol–water partition coefficient (Wildman–Crippen LogP) is 1.80. The van der Waals surface area contributed by atoms with Crippen molar-refractivity contribution >= 4 is 21.7 Å². The molecule has 12 heavy (non-hydrogen) atoms. The Labute approximate surface area is 78.9 Å². The van der Waals surface area contributed by atoms with Crippen LogP contribution in [0, 0.1) is 0 Å². The lowest BCUT2D eigenvalue weighted by Gasteiger charge is -1.93. The van der Waals surface area contributed by atoms with Crippen LogP contribution < -0.4 is 0 Å². The van der Waals surface area contributed by atoms with Crippen molar-refractivity contribution in [3.63, 3.8) is 0 Å². The molecule has 1 heterocycles. The van der Waals surface area contributed by atoms with E-state index in [1.807, 2.05) is 10.9 Å². The first-order valence-corrected chi connectivity index (χ1v) is 5.07. The average Bonchev–Trinajstić information content (AvgIpc) is 2.83. The second kappa shape index (κ2) is 3.01. The van der Waals surface area contributed by atoms with Crippen LogP contribution in [0.1, 0.15) is 29.4 Å². The van der Waals surface area contributed by atoms with E-state index in [1.165, 1.54) is 12.8 Å². The third kappa shape index (κ3) is 1.43. The molecule has 3 nitrogen and oxygen atoms in total. The van der Waals surface area contributed by atoms with Crippen molar-refractivity contribution in [2.45, 2.75) is 18.9 Å². The number of aromatic nitrogens is 2. The Bertz CT molecular complexity index is 304. The molecular formula is C8H9BrN2O. The highest BCUT2D eigenvalue weighted by molar-refractivity contribution is 9.09. The Balaban J connectivity index is 2.17. The van der Waals surface area contributed by atoms with Gasteiger partial charge in [0.05, 0.1) is 11.4 Å². The van der Waals surface area contributed by atoms with E-state index in [0.29, 0.717) is 17.1 Å². The minimum Gasteiger partial charge on any atom is -0.291 e. The van der Waals surface area contributed by atoms with Crippen LogP contribution in [0.5, 0.6) is 0 Å². The van der Waals surface area contributed by atoms with Crippen LogP contribution in [-0.4, -0.2) is 20.9 Å². The normalized spacial score (nSPS) is 16.4. The van der Waals surface area contributed by atoms with Crippen molar-refractivity contribution in [1.82, 2.24) is 9.78 Å². The number of carbonyl (C=O) groups is 1. The second-order valence-electron chi connectivity index (χ2n) is 2.97. The van der Waals surface area contributed by atoms with E-state index in [2.05, 4.69) is 21.0 Å². The highest BCUT2D eigenvalue weighted by Gasteiger charge is 2.24. The summed E-state index contributed by atoms with van der Waals surface area (Å²) in [6, 6.07) is 2.34. The van der Waals surface area contributed by atoms with Crippen LogP contribution in [-0.2, 0) is 0 Å². The Morgan fingerprint density at radius 2 is 2.50 bits per heavy atom. The van der Waals surface area contributed by atoms with E-state index in [4.69, 9.17) is 0 Å². The van der Waals surface area contributed by atoms with E-state index in [1.54, 1.807) is 6.07 Å². The highest BCUT2D eigenvalue weighted by Crippen LogP contribution is 2.33. The summed E-state index contributed by atoms with van der Waals surface area (Å²) in [6.07, 6.45) is 4.28. The zero-order chi connectivity index (χ0) is 8.55. The lowest BCUT2D eigenvalue weighted by Crippen LogP contribution is -2.03. The van der Waals surface area contributed by atoms with Crippen molar-refractivity contribution in [3.8, 4) is 0 Å². The topological polar surface area (TPSA) is 34.9 Å². The first kappa shape index (κ1) is 7.98. The monoisotopic (exact) mass is 228 g/mol. The minimum atomic E-state index is 0.0504. The van der Waals surface area contributed by atoms with Crippen LogP contribution in [0.15, 0.2) is 12.3 Å². The second-order valence-corrected chi connectivity index (χ2v) is 3.53. The largest absolute Gasteiger partial charge is 0.291 e. The molecule has 1 aromatic rings. The van der Waals surface area contributed by atoms with Crippen molar-refractivity contribution in [2.75, 3.05) is 5.33 Å². The number of carbonyl (C=O) groups excluding carboxylic acids is 1. The van der Waals surface area contributed by atoms with Gasteiger partial charge in [-0.25, -0.2) is 0 Å². The number of hydrogen-bond donors (Lipinski definition) is 0. The lowest BCUT2D eigenvalue weighted by molar-refractivity contribution is 0.101. The summed E-state index contributed by atoms with van der Waals surface area (Å²) in [5.41, 5.74) is 0.568. The first-order chi connectivity index (χ1) is 5.81. The quantitative estimate of drug-likeness (QED) is 0.585. The summed E-state index contributed by atoms with van der Waals surface area (Å²) in [5, 5.41) is 4.54. The summed E-state index contributed by atoms with van der Waals surface area (Å²) in [5.74, 6) is 0.0504. The molecule has 0 unspecified atom stereocenters. The molecule has 0 aromatic carbocycles. The SMILES string of the molecule is O=C(CBr)c1ccn(C2CC2)n1. The van der Waals surface area contributed by atoms with Gasteiger partial charge in [-0.2, -0.15) is 5.10 Å². The number of ketones is 1. The fraction of sp³-hybridized carbons (Fsp3) is 0.500. The smallest absolute Gasteiger partial charge is 0.193 e. The van der Waals surface area contributed by atoms with Gasteiger partial charge in [0.15, 0.2) is 5.78 Å². The zero-order valence-corrected chi connectivity index (χ0v) is 8.12. The van der Waals surface area contributed by atoms with E-state index >= 15 is 0 Å². The van der Waals surface area contributed by atoms with Gasteiger partial charge in [0.1, 0.15) is 5.69 Å². The molecule has 0 bridgehead atoms. The summed E-state index contributed by atoms with van der Waals surface area (Å²) >= 11 is 3.11. The average molecular weight is 229 g/mol. The molecule has 0 spiro atoms. The minimum absolute atomic E-state index is 0.0504. The molecule has 4 heteroatoms. The van der Waals surface area contributed by atoms with Crippen LogP contribution in [0.25, 0.3) is 0 Å². The molecule has 2 rings (SSSR count). The first-order valence-electron chi connectivity index (χ1n) is 3.95. The molecule has 1 aliphatic carbocycles. The molecule has 0 amide bonds. The molecule has 1 fully saturated rings. The summed E-state index contributed by atoms with van der Waals surface area (Å²) in [4.78, 5) is 11.1. The Kier molecular flexibility index (Phi) is 2.00. The zero-order valence-electron chi connectivity index (χ0n) is 6.53. The Morgan fingerprint density at radius 1 is 1.75 bits per heavy atom. The number of rotatable bonds is 3. The summed E-state index contributed by atoms with van der Waals surface area (Å²) in [6.45, 7) is 0. The fourth-order valence-electron chi connectivity index (χ4n) is 1.10. The van der Waals surface area contributed by atoms with Gasteiger partial charge in [0, 0.05) is 6.20 Å². The van der Waals surface area contributed by atoms with Crippen molar-refractivity contribution < 1.29 is 4.79 Å². The van der Waals surface area contributed by atoms with Gasteiger partial charge in [-0.05, 0) is 18.9 Å². The molecule has 0 radical (unpaired) electrons. The number of halogens is 1. The van der Waals surface area contributed by atoms with Crippen LogP contribution in [0.4, 0.5) is 0 Å². The van der Waals surface area contributed by atoms with Crippen LogP contribution in [0.2, 0.25) is 0 Å². The molecule has 0 saturated heterocycles. The third-order valence-electron chi connectivity index (χ3n) is 1.94. The summed E-state index contributed by atoms with van der Waals surface area (Å²) < 4.78 is 1.88. The molecule has 64 valence electrons. The Morgan fingerprint density at radius 3 is 3.08 bits per heavy atom. The predicted molar refractivity (Wildman–Crippen MR) is 48.6 cm³/mol. The molecule has 1 aromatic heterocycles. The van der Waals surface area contributed by atoms with Crippen LogP contribution in [0.3, 0.4) is 0 Å². The van der Waals surface area contributed by atoms with Gasteiger partial charge < -0.3 is 0 Å². The van der Waals surface area contributed by atoms with E-state index < -0.39 is 0 Å². The highest BCUT2D eigenvalue weighted by atomic mass is 79.9. The fourth-order valence-corrected chi connectivity index (χ4v) is 1.38. The van der Waals surface area contributed by atoms with E-state index in [0.717, 1.165) is 0 Å². The van der Waals surface area contributed by atoms with Gasteiger partial charge in [-0.15, -0.1) is 0 Å². The maximum Gasteiger partial charge on any atom is 0.193 e. The molecule has 0 N–H and O–H groups in total. The number of nitrogens with zero attached hydrogens (tertiary/aromatic N) is 2. The van der Waals surface area contributed by atoms with Gasteiger partial charge in [0.2, 0.25) is 0 Å². The maximum absolute atomic E-state index is 11.1. The summed E-state index contributed by atoms with van der Waals surface area (Å²) in [7, 11) is 0. The van der Waals surface area contributed by atoms with E-state index in [9.17, 15) is 4.79 Å². The van der Waals surface area contributed by atoms with Gasteiger partial charge in [-0.1, -0.05) is 15.9 Å². The van der Waals surface area contributed by atoms with Crippen LogP contribution >= 0.6 is 15.9 Å². The number of hydrogen-bond acceptors (Lipinski definition) is 2. The van der Waals surface area contributed by atoms with Gasteiger partial charge in [-0.3, -0.25) is 9.48 Å². The van der Waals surface area contributed by atoms with Crippen molar-refractivity contribution in [1.29, 1.82) is 0 Å². The van der Waals surface area contributed by atoms with Crippen molar-refractivity contribution in [3.05, 3.63) is 18.0 Å². The molecule has 1 aliphatic rings. The maximum atomic E-state index is 11.1. The van der Waals surface area contributed by atoms with Gasteiger partial charge in [0.25, 0.3) is 0 Å². The molecule has 0 atom stereocenters. The molecule has 1 saturated carbocycles. The Hall–Kier alpha value is -0.640. The number of Topliss-reactive ketones (excluding diaryl/α,β-unsaturated/α-hetero) is 1. The lowest BCUT2D eigenvalue weighted by atomic mass is 10.3. The molecule has 0 aliphatic heterocycles. The standard InChI is InChI=1S/C8H9BrN2O/c9-5-8(12)7-3-4-11(10-7)6-1-2-6/h3-4,6H,1-2,5H2. The van der Waals surface area contributed by atoms with Crippen molar-refractivity contribution in [2.24, 2.45) is 0 Å².